The number of carbonyl (C=O) groups excluding carboxylic acids is 1. The smallest absolute Gasteiger partial charge is 0.284 e. The van der Waals surface area contributed by atoms with E-state index >= 15 is 0 Å². The van der Waals surface area contributed by atoms with Gasteiger partial charge in [-0.2, -0.15) is 0 Å². The van der Waals surface area contributed by atoms with Crippen molar-refractivity contribution in [2.45, 2.75) is 27.3 Å². The maximum atomic E-state index is 13.5. The van der Waals surface area contributed by atoms with E-state index in [1.165, 1.54) is 6.20 Å². The normalized spacial score (nSPS) is 11.1. The zero-order chi connectivity index (χ0) is 27.5. The number of nitrogens with zero attached hydrogens (tertiary/aromatic N) is 4. The molecule has 1 amide bonds. The molecule has 0 bridgehead atoms. The molecule has 0 saturated heterocycles. The quantitative estimate of drug-likeness (QED) is 0.284. The van der Waals surface area contributed by atoms with Gasteiger partial charge in [0.05, 0.1) is 30.2 Å². The van der Waals surface area contributed by atoms with Crippen molar-refractivity contribution in [1.82, 2.24) is 19.3 Å². The molecule has 3 aromatic heterocycles. The highest BCUT2D eigenvalue weighted by Gasteiger charge is 2.24. The first-order chi connectivity index (χ1) is 18.9. The molecule has 198 valence electrons. The summed E-state index contributed by atoms with van der Waals surface area (Å²) in [6.07, 6.45) is 3.18. The molecule has 9 nitrogen and oxygen atoms in total. The van der Waals surface area contributed by atoms with Crippen molar-refractivity contribution in [2.24, 2.45) is 5.92 Å². The van der Waals surface area contributed by atoms with Gasteiger partial charge < -0.3 is 14.8 Å². The van der Waals surface area contributed by atoms with Crippen molar-refractivity contribution in [2.75, 3.05) is 12.4 Å². The molecule has 5 rings (SSSR count). The molecule has 3 heterocycles. The monoisotopic (exact) mass is 523 g/mol. The molecule has 0 aliphatic rings. The number of benzene rings is 2. The summed E-state index contributed by atoms with van der Waals surface area (Å²) in [5.74, 6) is 1.87. The lowest BCUT2D eigenvalue weighted by molar-refractivity contribution is 0.102. The van der Waals surface area contributed by atoms with Gasteiger partial charge in [-0.15, -0.1) is 0 Å². The van der Waals surface area contributed by atoms with E-state index in [1.807, 2.05) is 53.2 Å². The number of amides is 1. The van der Waals surface area contributed by atoms with Gasteiger partial charge in [-0.3, -0.25) is 19.3 Å². The Labute approximate surface area is 225 Å². The molecule has 2 aromatic carbocycles. The Balaban J connectivity index is 1.38. The number of hydrogen-bond donors (Lipinski definition) is 1. The second kappa shape index (κ2) is 10.8. The van der Waals surface area contributed by atoms with E-state index in [0.717, 1.165) is 10.9 Å². The average molecular weight is 524 g/mol. The van der Waals surface area contributed by atoms with Gasteiger partial charge in [0.25, 0.3) is 11.5 Å². The van der Waals surface area contributed by atoms with Crippen molar-refractivity contribution in [1.29, 1.82) is 0 Å². The Morgan fingerprint density at radius 1 is 1.00 bits per heavy atom. The number of pyridine rings is 2. The topological polar surface area (TPSA) is 100 Å². The Bertz CT molecular complexity index is 1690. The molecular formula is C30H29N5O4. The SMILES string of the molecule is COc1ccc2c(Oc3ccc(NC(=O)c4c(C)n(CC(C)C)n(-c5ccccc5)c4=O)nc3)ccnc2c1. The molecule has 0 fully saturated rings. The summed E-state index contributed by atoms with van der Waals surface area (Å²) in [6, 6.07) is 20.0. The fraction of sp³-hybridized carbons (Fsp3) is 0.200. The summed E-state index contributed by atoms with van der Waals surface area (Å²) in [5, 5.41) is 3.59. The lowest BCUT2D eigenvalue weighted by Crippen LogP contribution is -2.26. The van der Waals surface area contributed by atoms with Crippen LogP contribution in [-0.4, -0.2) is 32.3 Å². The van der Waals surface area contributed by atoms with Crippen LogP contribution in [0.5, 0.6) is 17.2 Å². The lowest BCUT2D eigenvalue weighted by Gasteiger charge is -2.15. The molecule has 0 aliphatic heterocycles. The second-order valence-corrected chi connectivity index (χ2v) is 9.52. The minimum Gasteiger partial charge on any atom is -0.497 e. The molecule has 0 unspecified atom stereocenters. The number of anilines is 1. The van der Waals surface area contributed by atoms with E-state index in [9.17, 15) is 9.59 Å². The molecule has 0 saturated carbocycles. The van der Waals surface area contributed by atoms with Crippen molar-refractivity contribution >= 4 is 22.6 Å². The molecule has 0 spiro atoms. The van der Waals surface area contributed by atoms with Crippen LogP contribution in [0.4, 0.5) is 5.82 Å². The largest absolute Gasteiger partial charge is 0.497 e. The summed E-state index contributed by atoms with van der Waals surface area (Å²) in [5.41, 5.74) is 1.74. The van der Waals surface area contributed by atoms with Crippen molar-refractivity contribution in [3.8, 4) is 22.9 Å². The average Bonchev–Trinajstić information content (AvgIpc) is 3.18. The number of nitrogens with one attached hydrogen (secondary N) is 1. The third kappa shape index (κ3) is 5.24. The van der Waals surface area contributed by atoms with Crippen LogP contribution in [-0.2, 0) is 6.54 Å². The highest BCUT2D eigenvalue weighted by Crippen LogP contribution is 2.30. The van der Waals surface area contributed by atoms with Crippen LogP contribution in [0.1, 0.15) is 29.9 Å². The summed E-state index contributed by atoms with van der Waals surface area (Å²) >= 11 is 0. The second-order valence-electron chi connectivity index (χ2n) is 9.52. The zero-order valence-corrected chi connectivity index (χ0v) is 22.2. The van der Waals surface area contributed by atoms with E-state index < -0.39 is 5.91 Å². The van der Waals surface area contributed by atoms with Crippen molar-refractivity contribution in [3.05, 3.63) is 101 Å². The van der Waals surface area contributed by atoms with E-state index in [1.54, 1.807) is 43.1 Å². The molecule has 0 aliphatic carbocycles. The third-order valence-electron chi connectivity index (χ3n) is 6.28. The van der Waals surface area contributed by atoms with Gasteiger partial charge in [-0.1, -0.05) is 32.0 Å². The number of fused-ring (bicyclic) bond motifs is 1. The van der Waals surface area contributed by atoms with Gasteiger partial charge in [0.2, 0.25) is 0 Å². The maximum Gasteiger partial charge on any atom is 0.284 e. The third-order valence-corrected chi connectivity index (χ3v) is 6.28. The standard InChI is InChI=1S/C30H29N5O4/c1-19(2)18-34-20(3)28(30(37)35(34)21-8-6-5-7-9-21)29(36)33-27-13-11-23(17-32-27)39-26-14-15-31-25-16-22(38-4)10-12-24(25)26/h5-17,19H,18H2,1-4H3,(H,32,33,36). The van der Waals surface area contributed by atoms with E-state index in [2.05, 4.69) is 29.1 Å². The predicted molar refractivity (Wildman–Crippen MR) is 150 cm³/mol. The van der Waals surface area contributed by atoms with Crippen LogP contribution >= 0.6 is 0 Å². The lowest BCUT2D eigenvalue weighted by atomic mass is 10.2. The van der Waals surface area contributed by atoms with Crippen LogP contribution in [0.15, 0.2) is 83.9 Å². The van der Waals surface area contributed by atoms with Crippen LogP contribution in [0.25, 0.3) is 16.6 Å². The first-order valence-corrected chi connectivity index (χ1v) is 12.6. The number of ether oxygens (including phenoxy) is 2. The number of hydrogen-bond acceptors (Lipinski definition) is 6. The molecular weight excluding hydrogens is 494 g/mol. The van der Waals surface area contributed by atoms with Gasteiger partial charge in [-0.05, 0) is 55.3 Å². The molecule has 0 atom stereocenters. The fourth-order valence-electron chi connectivity index (χ4n) is 4.44. The molecule has 39 heavy (non-hydrogen) atoms. The van der Waals surface area contributed by atoms with Crippen LogP contribution in [0, 0.1) is 12.8 Å². The van der Waals surface area contributed by atoms with Crippen molar-refractivity contribution < 1.29 is 14.3 Å². The summed E-state index contributed by atoms with van der Waals surface area (Å²) in [7, 11) is 1.61. The number of rotatable bonds is 8. The maximum absolute atomic E-state index is 13.5. The first kappa shape index (κ1) is 25.7. The summed E-state index contributed by atoms with van der Waals surface area (Å²) in [4.78, 5) is 35.5. The van der Waals surface area contributed by atoms with Gasteiger partial charge in [0.15, 0.2) is 0 Å². The van der Waals surface area contributed by atoms with Crippen LogP contribution in [0.2, 0.25) is 0 Å². The number of carbonyl (C=O) groups is 1. The highest BCUT2D eigenvalue weighted by atomic mass is 16.5. The number of aromatic nitrogens is 4. The Morgan fingerprint density at radius 3 is 2.46 bits per heavy atom. The number of para-hydroxylation sites is 1. The zero-order valence-electron chi connectivity index (χ0n) is 22.2. The van der Waals surface area contributed by atoms with Gasteiger partial charge in [-0.25, -0.2) is 9.67 Å². The Morgan fingerprint density at radius 2 is 1.77 bits per heavy atom. The Kier molecular flexibility index (Phi) is 7.14. The van der Waals surface area contributed by atoms with E-state index in [4.69, 9.17) is 9.47 Å². The molecule has 1 N–H and O–H groups in total. The van der Waals surface area contributed by atoms with Crippen LogP contribution < -0.4 is 20.3 Å². The highest BCUT2D eigenvalue weighted by molar-refractivity contribution is 6.04. The molecule has 0 radical (unpaired) electrons. The van der Waals surface area contributed by atoms with E-state index in [0.29, 0.717) is 41.0 Å². The van der Waals surface area contributed by atoms with Gasteiger partial charge in [0.1, 0.15) is 28.6 Å². The molecule has 9 heteroatoms. The van der Waals surface area contributed by atoms with Crippen molar-refractivity contribution in [3.63, 3.8) is 0 Å². The first-order valence-electron chi connectivity index (χ1n) is 12.6. The van der Waals surface area contributed by atoms with Crippen LogP contribution in [0.3, 0.4) is 0 Å². The molecule has 5 aromatic rings. The van der Waals surface area contributed by atoms with Gasteiger partial charge >= 0.3 is 0 Å². The summed E-state index contributed by atoms with van der Waals surface area (Å²) in [6.45, 7) is 6.51. The summed E-state index contributed by atoms with van der Waals surface area (Å²) < 4.78 is 14.7. The fourth-order valence-corrected chi connectivity index (χ4v) is 4.44. The van der Waals surface area contributed by atoms with E-state index in [-0.39, 0.29) is 17.0 Å². The number of methoxy groups -OCH3 is 1. The Hall–Kier alpha value is -4.92. The minimum atomic E-state index is -0.514. The van der Waals surface area contributed by atoms with Gasteiger partial charge in [0, 0.05) is 24.2 Å². The minimum absolute atomic E-state index is 0.0836. The predicted octanol–water partition coefficient (Wildman–Crippen LogP) is 5.60.